The highest BCUT2D eigenvalue weighted by Gasteiger charge is 2.15. The zero-order valence-electron chi connectivity index (χ0n) is 6.16. The molecular weight excluding hydrogens is 180 g/mol. The third-order valence-corrected chi connectivity index (χ3v) is 3.08. The molecule has 2 atom stereocenters. The molecule has 0 amide bonds. The van der Waals surface area contributed by atoms with Crippen molar-refractivity contribution in [3.05, 3.63) is 30.3 Å². The molecule has 1 aromatic carbocycles. The summed E-state index contributed by atoms with van der Waals surface area (Å²) in [6, 6.07) is 9.22. The van der Waals surface area contributed by atoms with Gasteiger partial charge in [0.1, 0.15) is 0 Å². The Bertz CT molecular complexity index is 213. The van der Waals surface area contributed by atoms with Crippen LogP contribution in [0.1, 0.15) is 6.92 Å². The fraction of sp³-hybridized carbons (Fsp3) is 0.250. The van der Waals surface area contributed by atoms with Crippen molar-refractivity contribution in [2.75, 3.05) is 0 Å². The molecule has 0 saturated heterocycles. The summed E-state index contributed by atoms with van der Waals surface area (Å²) >= 11 is 4.59. The highest BCUT2D eigenvalue weighted by molar-refractivity contribution is 7.93. The number of alkyl halides is 1. The Morgan fingerprint density at radius 3 is 2.36 bits per heavy atom. The first kappa shape index (κ1) is 8.91. The second kappa shape index (κ2) is 4.00. The maximum absolute atomic E-state index is 11.3. The fourth-order valence-electron chi connectivity index (χ4n) is 0.742. The summed E-state index contributed by atoms with van der Waals surface area (Å²) in [5, 5.41) is 0. The lowest BCUT2D eigenvalue weighted by Gasteiger charge is -2.11. The summed E-state index contributed by atoms with van der Waals surface area (Å²) in [6.07, 6.45) is 0. The van der Waals surface area contributed by atoms with Crippen LogP contribution in [0.2, 0.25) is 0 Å². The van der Waals surface area contributed by atoms with Crippen LogP contribution in [0, 0.1) is 0 Å². The van der Waals surface area contributed by atoms with E-state index in [0.717, 1.165) is 4.90 Å². The molecule has 11 heavy (non-hydrogen) atoms. The lowest BCUT2D eigenvalue weighted by molar-refractivity contribution is 0.593. The van der Waals surface area contributed by atoms with Crippen molar-refractivity contribution in [3.8, 4) is 0 Å². The van der Waals surface area contributed by atoms with Gasteiger partial charge < -0.3 is 4.55 Å². The van der Waals surface area contributed by atoms with Crippen molar-refractivity contribution < 1.29 is 4.55 Å². The molecule has 60 valence electrons. The second-order valence-corrected chi connectivity index (χ2v) is 4.84. The minimum atomic E-state index is -1.07. The highest BCUT2D eigenvalue weighted by Crippen LogP contribution is 2.17. The van der Waals surface area contributed by atoms with Crippen LogP contribution in [-0.4, -0.2) is 9.26 Å². The van der Waals surface area contributed by atoms with Gasteiger partial charge in [-0.15, -0.1) is 0 Å². The molecule has 0 radical (unpaired) electrons. The van der Waals surface area contributed by atoms with Crippen LogP contribution in [0.25, 0.3) is 0 Å². The first-order chi connectivity index (χ1) is 5.22. The third kappa shape index (κ3) is 2.40. The lowest BCUT2D eigenvalue weighted by Crippen LogP contribution is -2.11. The van der Waals surface area contributed by atoms with Crippen molar-refractivity contribution in [3.63, 3.8) is 0 Å². The van der Waals surface area contributed by atoms with Crippen molar-refractivity contribution in [2.24, 2.45) is 0 Å². The molecule has 0 aromatic heterocycles. The predicted molar refractivity (Wildman–Crippen MR) is 48.2 cm³/mol. The first-order valence-electron chi connectivity index (χ1n) is 3.31. The second-order valence-electron chi connectivity index (χ2n) is 2.15. The van der Waals surface area contributed by atoms with Crippen LogP contribution < -0.4 is 0 Å². The maximum Gasteiger partial charge on any atom is 0.191 e. The van der Waals surface area contributed by atoms with E-state index in [1.54, 1.807) is 6.92 Å². The molecule has 3 heteroatoms. The van der Waals surface area contributed by atoms with Crippen LogP contribution in [-0.2, 0) is 11.2 Å². The Hall–Kier alpha value is -0.180. The van der Waals surface area contributed by atoms with Gasteiger partial charge in [-0.1, -0.05) is 29.8 Å². The molecule has 1 rings (SSSR count). The number of halogens is 1. The number of hydrogen-bond acceptors (Lipinski definition) is 1. The van der Waals surface area contributed by atoms with Gasteiger partial charge in [-0.2, -0.15) is 0 Å². The Kier molecular flexibility index (Phi) is 3.24. The van der Waals surface area contributed by atoms with Gasteiger partial charge in [-0.25, -0.2) is 0 Å². The van der Waals surface area contributed by atoms with Crippen molar-refractivity contribution in [1.82, 2.24) is 0 Å². The van der Waals surface area contributed by atoms with E-state index in [-0.39, 0.29) is 4.71 Å². The number of rotatable bonds is 2. The SMILES string of the molecule is CC(Cl)[S+]([O-])c1ccccc1. The molecule has 0 spiro atoms. The van der Waals surface area contributed by atoms with Crippen LogP contribution in [0.4, 0.5) is 0 Å². The minimum absolute atomic E-state index is 0.322. The van der Waals surface area contributed by atoms with Gasteiger partial charge in [-0.3, -0.25) is 0 Å². The van der Waals surface area contributed by atoms with Crippen LogP contribution >= 0.6 is 11.6 Å². The Morgan fingerprint density at radius 1 is 1.36 bits per heavy atom. The zero-order chi connectivity index (χ0) is 8.27. The Morgan fingerprint density at radius 2 is 1.91 bits per heavy atom. The van der Waals surface area contributed by atoms with E-state index in [2.05, 4.69) is 0 Å². The molecule has 0 aliphatic carbocycles. The zero-order valence-corrected chi connectivity index (χ0v) is 7.73. The standard InChI is InChI=1S/C8H9ClOS/c1-7(9)11(10)8-5-3-2-4-6-8/h2-7H,1H3. The summed E-state index contributed by atoms with van der Waals surface area (Å²) < 4.78 is 11.0. The van der Waals surface area contributed by atoms with Gasteiger partial charge in [0, 0.05) is 11.2 Å². The average Bonchev–Trinajstić information content (AvgIpc) is 2.05. The summed E-state index contributed by atoms with van der Waals surface area (Å²) in [4.78, 5) is 0.787. The summed E-state index contributed by atoms with van der Waals surface area (Å²) in [7, 11) is 0. The minimum Gasteiger partial charge on any atom is -0.610 e. The van der Waals surface area contributed by atoms with Crippen LogP contribution in [0.15, 0.2) is 35.2 Å². The third-order valence-electron chi connectivity index (χ3n) is 1.27. The first-order valence-corrected chi connectivity index (χ1v) is 4.96. The van der Waals surface area contributed by atoms with Gasteiger partial charge >= 0.3 is 0 Å². The van der Waals surface area contributed by atoms with Crippen molar-refractivity contribution in [1.29, 1.82) is 0 Å². The van der Waals surface area contributed by atoms with E-state index >= 15 is 0 Å². The molecule has 0 saturated carbocycles. The van der Waals surface area contributed by atoms with Gasteiger partial charge in [-0.05, 0) is 19.1 Å². The van der Waals surface area contributed by atoms with Crippen LogP contribution in [0.5, 0.6) is 0 Å². The highest BCUT2D eigenvalue weighted by atomic mass is 35.5. The van der Waals surface area contributed by atoms with Gasteiger partial charge in [0.05, 0.1) is 0 Å². The summed E-state index contributed by atoms with van der Waals surface area (Å²) in [5.74, 6) is 0. The van der Waals surface area contributed by atoms with E-state index in [1.807, 2.05) is 30.3 Å². The maximum atomic E-state index is 11.3. The van der Waals surface area contributed by atoms with E-state index in [9.17, 15) is 4.55 Å². The lowest BCUT2D eigenvalue weighted by atomic mass is 10.4. The van der Waals surface area contributed by atoms with Crippen LogP contribution in [0.3, 0.4) is 0 Å². The number of benzene rings is 1. The molecule has 0 aliphatic rings. The fourth-order valence-corrected chi connectivity index (χ4v) is 1.85. The number of hydrogen-bond donors (Lipinski definition) is 0. The van der Waals surface area contributed by atoms with E-state index in [4.69, 9.17) is 11.6 Å². The van der Waals surface area contributed by atoms with E-state index < -0.39 is 11.2 Å². The monoisotopic (exact) mass is 188 g/mol. The largest absolute Gasteiger partial charge is 0.610 e. The van der Waals surface area contributed by atoms with E-state index in [0.29, 0.717) is 0 Å². The van der Waals surface area contributed by atoms with Gasteiger partial charge in [0.2, 0.25) is 0 Å². The molecule has 0 N–H and O–H groups in total. The average molecular weight is 189 g/mol. The molecular formula is C8H9ClOS. The summed E-state index contributed by atoms with van der Waals surface area (Å²) in [5.41, 5.74) is 0. The van der Waals surface area contributed by atoms with Gasteiger partial charge in [0.25, 0.3) is 0 Å². The Labute approximate surface area is 74.6 Å². The molecule has 0 aliphatic heterocycles. The van der Waals surface area contributed by atoms with Crippen molar-refractivity contribution >= 4 is 22.8 Å². The molecule has 0 heterocycles. The van der Waals surface area contributed by atoms with E-state index in [1.165, 1.54) is 0 Å². The van der Waals surface area contributed by atoms with Crippen molar-refractivity contribution in [2.45, 2.75) is 16.5 Å². The molecule has 0 fully saturated rings. The smallest absolute Gasteiger partial charge is 0.191 e. The molecule has 2 unspecified atom stereocenters. The predicted octanol–water partition coefficient (Wildman–Crippen LogP) is 2.38. The quantitative estimate of drug-likeness (QED) is 0.516. The molecule has 1 aromatic rings. The topological polar surface area (TPSA) is 23.1 Å². The molecule has 0 bridgehead atoms. The Balaban J connectivity index is 2.77. The van der Waals surface area contributed by atoms with Gasteiger partial charge in [0.15, 0.2) is 9.60 Å². The normalized spacial score (nSPS) is 15.9. The summed E-state index contributed by atoms with van der Waals surface area (Å²) in [6.45, 7) is 1.73. The molecule has 1 nitrogen and oxygen atoms in total.